The number of amides is 1. The molecule has 5 nitrogen and oxygen atoms in total. The summed E-state index contributed by atoms with van der Waals surface area (Å²) < 4.78 is 12.9. The van der Waals surface area contributed by atoms with Crippen LogP contribution in [0, 0.1) is 11.7 Å². The number of carboxylic acids is 1. The van der Waals surface area contributed by atoms with Gasteiger partial charge in [-0.2, -0.15) is 0 Å². The van der Waals surface area contributed by atoms with Crippen LogP contribution in [0.5, 0.6) is 0 Å². The Morgan fingerprint density at radius 1 is 1.42 bits per heavy atom. The Balaban J connectivity index is 2.84. The predicted octanol–water partition coefficient (Wildman–Crippen LogP) is 1.64. The standard InChI is InChI=1S/C13H17FN2O3/c1-7(2)5-11(13(18)19)16-12(17)9-4-3-8(14)6-10(9)15/h3-4,6-7,11H,5,15H2,1-2H3,(H,16,17)(H,18,19). The summed E-state index contributed by atoms with van der Waals surface area (Å²) in [6.07, 6.45) is 0.308. The van der Waals surface area contributed by atoms with Gasteiger partial charge in [0.1, 0.15) is 11.9 Å². The molecule has 19 heavy (non-hydrogen) atoms. The van der Waals surface area contributed by atoms with Gasteiger partial charge in [-0.25, -0.2) is 9.18 Å². The van der Waals surface area contributed by atoms with Crippen molar-refractivity contribution in [3.8, 4) is 0 Å². The van der Waals surface area contributed by atoms with Crippen molar-refractivity contribution in [3.05, 3.63) is 29.6 Å². The van der Waals surface area contributed by atoms with E-state index < -0.39 is 23.7 Å². The third-order valence-corrected chi connectivity index (χ3v) is 2.57. The maximum absolute atomic E-state index is 12.9. The molecule has 4 N–H and O–H groups in total. The molecule has 104 valence electrons. The molecular weight excluding hydrogens is 251 g/mol. The van der Waals surface area contributed by atoms with Crippen LogP contribution in [0.2, 0.25) is 0 Å². The van der Waals surface area contributed by atoms with Gasteiger partial charge in [-0.15, -0.1) is 0 Å². The average molecular weight is 268 g/mol. The minimum atomic E-state index is -1.11. The van der Waals surface area contributed by atoms with E-state index in [1.165, 1.54) is 6.07 Å². The highest BCUT2D eigenvalue weighted by molar-refractivity contribution is 6.00. The lowest BCUT2D eigenvalue weighted by Gasteiger charge is -2.17. The number of carbonyl (C=O) groups excluding carboxylic acids is 1. The molecule has 0 spiro atoms. The van der Waals surface area contributed by atoms with Crippen LogP contribution in [0.25, 0.3) is 0 Å². The van der Waals surface area contributed by atoms with Crippen LogP contribution in [0.3, 0.4) is 0 Å². The molecule has 0 radical (unpaired) electrons. The number of nitrogen functional groups attached to an aromatic ring is 1. The van der Waals surface area contributed by atoms with Gasteiger partial charge in [0, 0.05) is 5.69 Å². The van der Waals surface area contributed by atoms with E-state index in [1.54, 1.807) is 0 Å². The van der Waals surface area contributed by atoms with Crippen molar-refractivity contribution in [1.29, 1.82) is 0 Å². The van der Waals surface area contributed by atoms with Crippen molar-refractivity contribution in [2.75, 3.05) is 5.73 Å². The molecule has 0 heterocycles. The first-order valence-electron chi connectivity index (χ1n) is 5.90. The maximum atomic E-state index is 12.9. The Morgan fingerprint density at radius 2 is 2.05 bits per heavy atom. The smallest absolute Gasteiger partial charge is 0.326 e. The molecule has 0 bridgehead atoms. The van der Waals surface area contributed by atoms with E-state index in [0.717, 1.165) is 12.1 Å². The Hall–Kier alpha value is -2.11. The molecule has 1 amide bonds. The van der Waals surface area contributed by atoms with Crippen molar-refractivity contribution < 1.29 is 19.1 Å². The first-order chi connectivity index (χ1) is 8.81. The van der Waals surface area contributed by atoms with Crippen molar-refractivity contribution in [1.82, 2.24) is 5.32 Å². The molecule has 1 atom stereocenters. The Morgan fingerprint density at radius 3 is 2.53 bits per heavy atom. The van der Waals surface area contributed by atoms with Gasteiger partial charge in [0.2, 0.25) is 0 Å². The zero-order valence-electron chi connectivity index (χ0n) is 10.8. The first kappa shape index (κ1) is 14.9. The largest absolute Gasteiger partial charge is 0.480 e. The summed E-state index contributed by atoms with van der Waals surface area (Å²) in [6.45, 7) is 3.71. The fourth-order valence-electron chi connectivity index (χ4n) is 1.67. The van der Waals surface area contributed by atoms with Crippen LogP contribution >= 0.6 is 0 Å². The van der Waals surface area contributed by atoms with E-state index in [-0.39, 0.29) is 17.2 Å². The van der Waals surface area contributed by atoms with Gasteiger partial charge in [0.25, 0.3) is 5.91 Å². The highest BCUT2D eigenvalue weighted by atomic mass is 19.1. The Bertz CT molecular complexity index is 489. The van der Waals surface area contributed by atoms with E-state index in [2.05, 4.69) is 5.32 Å². The molecule has 1 unspecified atom stereocenters. The lowest BCUT2D eigenvalue weighted by Crippen LogP contribution is -2.41. The highest BCUT2D eigenvalue weighted by Crippen LogP contribution is 2.14. The fourth-order valence-corrected chi connectivity index (χ4v) is 1.67. The van der Waals surface area contributed by atoms with Gasteiger partial charge in [0.05, 0.1) is 5.56 Å². The lowest BCUT2D eigenvalue weighted by atomic mass is 10.0. The van der Waals surface area contributed by atoms with Gasteiger partial charge in [0.15, 0.2) is 0 Å². The molecule has 6 heteroatoms. The summed E-state index contributed by atoms with van der Waals surface area (Å²) >= 11 is 0. The third kappa shape index (κ3) is 4.24. The molecule has 1 aromatic rings. The average Bonchev–Trinajstić information content (AvgIpc) is 2.26. The number of anilines is 1. The molecule has 0 aliphatic heterocycles. The van der Waals surface area contributed by atoms with E-state index in [9.17, 15) is 14.0 Å². The quantitative estimate of drug-likeness (QED) is 0.708. The topological polar surface area (TPSA) is 92.4 Å². The minimum Gasteiger partial charge on any atom is -0.480 e. The van der Waals surface area contributed by atoms with E-state index in [4.69, 9.17) is 10.8 Å². The van der Waals surface area contributed by atoms with E-state index in [1.807, 2.05) is 13.8 Å². The number of benzene rings is 1. The lowest BCUT2D eigenvalue weighted by molar-refractivity contribution is -0.139. The molecule has 0 aliphatic carbocycles. The fraction of sp³-hybridized carbons (Fsp3) is 0.385. The van der Waals surface area contributed by atoms with Gasteiger partial charge < -0.3 is 16.2 Å². The number of carbonyl (C=O) groups is 2. The molecular formula is C13H17FN2O3. The number of hydrogen-bond donors (Lipinski definition) is 3. The predicted molar refractivity (Wildman–Crippen MR) is 69.2 cm³/mol. The van der Waals surface area contributed by atoms with Crippen LogP contribution in [0.15, 0.2) is 18.2 Å². The molecule has 1 rings (SSSR count). The van der Waals surface area contributed by atoms with E-state index in [0.29, 0.717) is 6.42 Å². The minimum absolute atomic E-state index is 0.0221. The summed E-state index contributed by atoms with van der Waals surface area (Å²) in [7, 11) is 0. The molecule has 0 saturated carbocycles. The van der Waals surface area contributed by atoms with Crippen LogP contribution < -0.4 is 11.1 Å². The van der Waals surface area contributed by atoms with Gasteiger partial charge >= 0.3 is 5.97 Å². The highest BCUT2D eigenvalue weighted by Gasteiger charge is 2.22. The molecule has 1 aromatic carbocycles. The number of rotatable bonds is 5. The molecule has 0 fully saturated rings. The summed E-state index contributed by atoms with van der Waals surface area (Å²) in [4.78, 5) is 22.9. The van der Waals surface area contributed by atoms with Crippen molar-refractivity contribution in [3.63, 3.8) is 0 Å². The number of halogens is 1. The van der Waals surface area contributed by atoms with Crippen LogP contribution in [0.1, 0.15) is 30.6 Å². The zero-order valence-corrected chi connectivity index (χ0v) is 10.8. The molecule has 0 aromatic heterocycles. The number of aliphatic carboxylic acids is 1. The monoisotopic (exact) mass is 268 g/mol. The second kappa shape index (κ2) is 6.17. The SMILES string of the molecule is CC(C)CC(NC(=O)c1ccc(F)cc1N)C(=O)O. The van der Waals surface area contributed by atoms with Crippen LogP contribution in [0.4, 0.5) is 10.1 Å². The van der Waals surface area contributed by atoms with Gasteiger partial charge in [-0.05, 0) is 30.5 Å². The van der Waals surface area contributed by atoms with Crippen LogP contribution in [-0.4, -0.2) is 23.0 Å². The normalized spacial score (nSPS) is 12.2. The van der Waals surface area contributed by atoms with Crippen molar-refractivity contribution in [2.45, 2.75) is 26.3 Å². The first-order valence-corrected chi connectivity index (χ1v) is 5.90. The van der Waals surface area contributed by atoms with Gasteiger partial charge in [-0.1, -0.05) is 13.8 Å². The second-order valence-corrected chi connectivity index (χ2v) is 4.73. The zero-order chi connectivity index (χ0) is 14.6. The van der Waals surface area contributed by atoms with Crippen LogP contribution in [-0.2, 0) is 4.79 Å². The molecule has 0 saturated heterocycles. The Labute approximate surface area is 110 Å². The summed E-state index contributed by atoms with van der Waals surface area (Å²) in [5.41, 5.74) is 5.57. The number of hydrogen-bond acceptors (Lipinski definition) is 3. The molecule has 0 aliphatic rings. The van der Waals surface area contributed by atoms with Crippen molar-refractivity contribution >= 4 is 17.6 Å². The Kier molecular flexibility index (Phi) is 4.86. The summed E-state index contributed by atoms with van der Waals surface area (Å²) in [5, 5.41) is 11.4. The van der Waals surface area contributed by atoms with Gasteiger partial charge in [-0.3, -0.25) is 4.79 Å². The van der Waals surface area contributed by atoms with Crippen molar-refractivity contribution in [2.24, 2.45) is 5.92 Å². The maximum Gasteiger partial charge on any atom is 0.326 e. The summed E-state index contributed by atoms with van der Waals surface area (Å²) in [6, 6.07) is 2.36. The second-order valence-electron chi connectivity index (χ2n) is 4.73. The number of nitrogens with two attached hydrogens (primary N) is 1. The van der Waals surface area contributed by atoms with E-state index >= 15 is 0 Å². The third-order valence-electron chi connectivity index (χ3n) is 2.57. The number of nitrogens with one attached hydrogen (secondary N) is 1. The number of carboxylic acid groups (broad SMARTS) is 1. The summed E-state index contributed by atoms with van der Waals surface area (Å²) in [5.74, 6) is -2.16.